The lowest BCUT2D eigenvalue weighted by Gasteiger charge is -2.12. The molecule has 1 aromatic heterocycles. The number of rotatable bonds is 8. The number of thiophene rings is 1. The van der Waals surface area contributed by atoms with Crippen molar-refractivity contribution in [3.8, 4) is 0 Å². The lowest BCUT2D eigenvalue weighted by atomic mass is 9.93. The molecule has 1 rings (SSSR count). The summed E-state index contributed by atoms with van der Waals surface area (Å²) in [5.41, 5.74) is 0. The van der Waals surface area contributed by atoms with Crippen molar-refractivity contribution in [3.63, 3.8) is 0 Å². The number of unbranched alkanes of at least 4 members (excludes halogenated alkanes) is 1. The quantitative estimate of drug-likeness (QED) is 0.588. The van der Waals surface area contributed by atoms with Crippen LogP contribution in [0.2, 0.25) is 0 Å². The van der Waals surface area contributed by atoms with E-state index in [9.17, 15) is 4.79 Å². The maximum atomic E-state index is 12.1. The zero-order valence-electron chi connectivity index (χ0n) is 11.3. The molecule has 0 saturated heterocycles. The lowest BCUT2D eigenvalue weighted by molar-refractivity contribution is 0.0961. The Bertz CT molecular complexity index is 340. The maximum absolute atomic E-state index is 12.1. The van der Waals surface area contributed by atoms with Gasteiger partial charge in [0.2, 0.25) is 0 Å². The first kappa shape index (κ1) is 14.4. The van der Waals surface area contributed by atoms with Gasteiger partial charge < -0.3 is 0 Å². The number of carbonyl (C=O) groups is 1. The molecule has 0 fully saturated rings. The van der Waals surface area contributed by atoms with Gasteiger partial charge in [0, 0.05) is 11.3 Å². The van der Waals surface area contributed by atoms with Crippen LogP contribution in [0.4, 0.5) is 0 Å². The Morgan fingerprint density at radius 2 is 2.06 bits per heavy atom. The van der Waals surface area contributed by atoms with Gasteiger partial charge in [-0.25, -0.2) is 0 Å². The fourth-order valence-corrected chi connectivity index (χ4v) is 2.92. The average molecular weight is 252 g/mol. The van der Waals surface area contributed by atoms with Crippen LogP contribution < -0.4 is 0 Å². The molecule has 2 heteroatoms. The summed E-state index contributed by atoms with van der Waals surface area (Å²) < 4.78 is 0. The Hall–Kier alpha value is -0.630. The molecule has 0 saturated carbocycles. The van der Waals surface area contributed by atoms with Gasteiger partial charge in [0.15, 0.2) is 5.78 Å². The summed E-state index contributed by atoms with van der Waals surface area (Å²) in [5.74, 6) is 0.923. The van der Waals surface area contributed by atoms with Crippen LogP contribution in [0.5, 0.6) is 0 Å². The van der Waals surface area contributed by atoms with Crippen molar-refractivity contribution in [1.82, 2.24) is 0 Å². The van der Waals surface area contributed by atoms with Gasteiger partial charge in [-0.3, -0.25) is 4.79 Å². The third kappa shape index (κ3) is 4.63. The highest BCUT2D eigenvalue weighted by atomic mass is 32.1. The van der Waals surface area contributed by atoms with Gasteiger partial charge in [-0.1, -0.05) is 46.5 Å². The molecular formula is C15H24OS. The third-order valence-corrected chi connectivity index (χ3v) is 4.57. The van der Waals surface area contributed by atoms with E-state index in [-0.39, 0.29) is 0 Å². The zero-order chi connectivity index (χ0) is 12.7. The van der Waals surface area contributed by atoms with E-state index in [1.807, 2.05) is 6.07 Å². The predicted molar refractivity (Wildman–Crippen MR) is 76.0 cm³/mol. The molecule has 0 aliphatic rings. The van der Waals surface area contributed by atoms with E-state index in [0.29, 0.717) is 11.7 Å². The standard InChI is InChI=1S/C15H24OS/c1-4-7-8-12(5-2)11-14(16)15-10-9-13(6-3)17-15/h9-10,12H,4-8,11H2,1-3H3. The highest BCUT2D eigenvalue weighted by Crippen LogP contribution is 2.23. The number of aryl methyl sites for hydroxylation is 1. The first-order chi connectivity index (χ1) is 8.21. The smallest absolute Gasteiger partial charge is 0.173 e. The minimum atomic E-state index is 0.345. The number of hydrogen-bond donors (Lipinski definition) is 0. The molecule has 0 amide bonds. The molecule has 0 aliphatic carbocycles. The fourth-order valence-electron chi connectivity index (χ4n) is 2.02. The highest BCUT2D eigenvalue weighted by Gasteiger charge is 2.14. The van der Waals surface area contributed by atoms with Crippen molar-refractivity contribution in [3.05, 3.63) is 21.9 Å². The summed E-state index contributed by atoms with van der Waals surface area (Å²) in [6.45, 7) is 6.54. The second-order valence-corrected chi connectivity index (χ2v) is 5.83. The minimum Gasteiger partial charge on any atom is -0.293 e. The van der Waals surface area contributed by atoms with Crippen molar-refractivity contribution < 1.29 is 4.79 Å². The van der Waals surface area contributed by atoms with Gasteiger partial charge in [-0.15, -0.1) is 11.3 Å². The summed E-state index contributed by atoms with van der Waals surface area (Å²) in [7, 11) is 0. The molecule has 0 aromatic carbocycles. The Morgan fingerprint density at radius 3 is 2.59 bits per heavy atom. The number of carbonyl (C=O) groups excluding carboxylic acids is 1. The number of ketones is 1. The second-order valence-electron chi connectivity index (χ2n) is 4.66. The largest absolute Gasteiger partial charge is 0.293 e. The van der Waals surface area contributed by atoms with Crippen molar-refractivity contribution >= 4 is 17.1 Å². The number of Topliss-reactive ketones (excluding diaryl/α,β-unsaturated/α-hetero) is 1. The van der Waals surface area contributed by atoms with Gasteiger partial charge >= 0.3 is 0 Å². The third-order valence-electron chi connectivity index (χ3n) is 3.30. The van der Waals surface area contributed by atoms with E-state index in [2.05, 4.69) is 26.8 Å². The first-order valence-corrected chi connectivity index (χ1v) is 7.64. The van der Waals surface area contributed by atoms with Crippen LogP contribution in [-0.4, -0.2) is 5.78 Å². The van der Waals surface area contributed by atoms with E-state index < -0.39 is 0 Å². The lowest BCUT2D eigenvalue weighted by Crippen LogP contribution is -2.07. The molecule has 1 aromatic rings. The first-order valence-electron chi connectivity index (χ1n) is 6.83. The average Bonchev–Trinajstić information content (AvgIpc) is 2.83. The van der Waals surface area contributed by atoms with Gasteiger partial charge in [0.05, 0.1) is 4.88 Å². The molecule has 17 heavy (non-hydrogen) atoms. The van der Waals surface area contributed by atoms with Crippen LogP contribution >= 0.6 is 11.3 Å². The fraction of sp³-hybridized carbons (Fsp3) is 0.667. The van der Waals surface area contributed by atoms with Crippen LogP contribution in [0.3, 0.4) is 0 Å². The van der Waals surface area contributed by atoms with Crippen molar-refractivity contribution in [1.29, 1.82) is 0 Å². The molecule has 0 aliphatic heterocycles. The molecule has 0 spiro atoms. The number of hydrogen-bond acceptors (Lipinski definition) is 2. The van der Waals surface area contributed by atoms with Crippen LogP contribution in [0.15, 0.2) is 12.1 Å². The van der Waals surface area contributed by atoms with Crippen LogP contribution in [0, 0.1) is 5.92 Å². The maximum Gasteiger partial charge on any atom is 0.173 e. The highest BCUT2D eigenvalue weighted by molar-refractivity contribution is 7.14. The Balaban J connectivity index is 2.51. The van der Waals surface area contributed by atoms with Crippen LogP contribution in [-0.2, 0) is 6.42 Å². The monoisotopic (exact) mass is 252 g/mol. The minimum absolute atomic E-state index is 0.345. The molecule has 1 nitrogen and oxygen atoms in total. The molecule has 1 atom stereocenters. The zero-order valence-corrected chi connectivity index (χ0v) is 12.1. The van der Waals surface area contributed by atoms with Crippen molar-refractivity contribution in [2.75, 3.05) is 0 Å². The SMILES string of the molecule is CCCCC(CC)CC(=O)c1ccc(CC)s1. The van der Waals surface area contributed by atoms with Crippen LogP contribution in [0.1, 0.15) is 67.4 Å². The van der Waals surface area contributed by atoms with Gasteiger partial charge in [-0.2, -0.15) is 0 Å². The van der Waals surface area contributed by atoms with E-state index in [4.69, 9.17) is 0 Å². The van der Waals surface area contributed by atoms with Gasteiger partial charge in [0.25, 0.3) is 0 Å². The molecule has 0 radical (unpaired) electrons. The molecular weight excluding hydrogens is 228 g/mol. The van der Waals surface area contributed by atoms with E-state index >= 15 is 0 Å². The van der Waals surface area contributed by atoms with Gasteiger partial charge in [-0.05, 0) is 24.5 Å². The summed E-state index contributed by atoms with van der Waals surface area (Å²) in [6.07, 6.45) is 6.56. The van der Waals surface area contributed by atoms with Crippen molar-refractivity contribution in [2.45, 2.75) is 59.3 Å². The molecule has 1 unspecified atom stereocenters. The molecule has 0 bridgehead atoms. The van der Waals surface area contributed by atoms with E-state index in [0.717, 1.165) is 24.1 Å². The normalized spacial score (nSPS) is 12.6. The van der Waals surface area contributed by atoms with E-state index in [1.165, 1.54) is 24.1 Å². The topological polar surface area (TPSA) is 17.1 Å². The summed E-state index contributed by atoms with van der Waals surface area (Å²) in [6, 6.07) is 4.09. The van der Waals surface area contributed by atoms with Crippen LogP contribution in [0.25, 0.3) is 0 Å². The van der Waals surface area contributed by atoms with E-state index in [1.54, 1.807) is 11.3 Å². The molecule has 96 valence electrons. The molecule has 1 heterocycles. The Labute approximate surface area is 109 Å². The summed E-state index contributed by atoms with van der Waals surface area (Å²) in [4.78, 5) is 14.4. The van der Waals surface area contributed by atoms with Crippen molar-refractivity contribution in [2.24, 2.45) is 5.92 Å². The molecule has 0 N–H and O–H groups in total. The second kappa shape index (κ2) is 7.65. The Morgan fingerprint density at radius 1 is 1.29 bits per heavy atom. The summed E-state index contributed by atoms with van der Waals surface area (Å²) in [5, 5.41) is 0. The summed E-state index contributed by atoms with van der Waals surface area (Å²) >= 11 is 1.67. The predicted octanol–water partition coefficient (Wildman–Crippen LogP) is 5.10. The van der Waals surface area contributed by atoms with Gasteiger partial charge in [0.1, 0.15) is 0 Å². The Kier molecular flexibility index (Phi) is 6.49.